The van der Waals surface area contributed by atoms with E-state index in [0.717, 1.165) is 11.4 Å². The van der Waals surface area contributed by atoms with Crippen LogP contribution in [0.3, 0.4) is 0 Å². The van der Waals surface area contributed by atoms with Crippen LogP contribution in [0.15, 0.2) is 40.1 Å². The first kappa shape index (κ1) is 11.0. The fraction of sp³-hybridized carbons (Fsp3) is 0.0909. The number of hydrogen-bond donors (Lipinski definition) is 3. The Morgan fingerprint density at radius 2 is 1.88 bits per heavy atom. The van der Waals surface area contributed by atoms with Gasteiger partial charge in [0.05, 0.1) is 7.11 Å². The molecule has 0 bridgehead atoms. The topological polar surface area (TPSA) is 87.0 Å². The van der Waals surface area contributed by atoms with Crippen molar-refractivity contribution in [2.24, 2.45) is 0 Å². The molecule has 0 atom stereocenters. The molecule has 0 saturated heterocycles. The molecule has 0 aliphatic carbocycles. The van der Waals surface area contributed by atoms with Crippen LogP contribution in [0.2, 0.25) is 0 Å². The van der Waals surface area contributed by atoms with Gasteiger partial charge in [-0.25, -0.2) is 4.79 Å². The lowest BCUT2D eigenvalue weighted by Gasteiger charge is -2.05. The van der Waals surface area contributed by atoms with E-state index in [1.54, 1.807) is 31.4 Å². The molecule has 0 spiro atoms. The van der Waals surface area contributed by atoms with Crippen LogP contribution in [-0.4, -0.2) is 17.1 Å². The maximum Gasteiger partial charge on any atom is 0.325 e. The standard InChI is InChI=1S/C11H11N3O3/c1-17-8-4-2-7(3-5-8)13-9-6-12-11(16)14-10(9)15/h2-6,13H,1H3,(H2,12,14,15,16). The molecule has 3 N–H and O–H groups in total. The Labute approximate surface area is 96.3 Å². The number of hydrogen-bond acceptors (Lipinski definition) is 4. The number of aromatic nitrogens is 2. The predicted octanol–water partition coefficient (Wildman–Crippen LogP) is 0.815. The van der Waals surface area contributed by atoms with Crippen molar-refractivity contribution in [1.82, 2.24) is 9.97 Å². The molecule has 0 radical (unpaired) electrons. The maximum atomic E-state index is 11.4. The average molecular weight is 233 g/mol. The summed E-state index contributed by atoms with van der Waals surface area (Å²) in [5.41, 5.74) is -0.00188. The summed E-state index contributed by atoms with van der Waals surface area (Å²) in [6.45, 7) is 0. The summed E-state index contributed by atoms with van der Waals surface area (Å²) in [6, 6.07) is 7.07. The summed E-state index contributed by atoms with van der Waals surface area (Å²) in [6.07, 6.45) is 1.32. The molecule has 17 heavy (non-hydrogen) atoms. The van der Waals surface area contributed by atoms with Gasteiger partial charge in [-0.3, -0.25) is 9.78 Å². The predicted molar refractivity (Wildman–Crippen MR) is 64.0 cm³/mol. The number of aromatic amines is 2. The zero-order valence-corrected chi connectivity index (χ0v) is 9.11. The molecular weight excluding hydrogens is 222 g/mol. The molecule has 88 valence electrons. The number of nitrogens with one attached hydrogen (secondary N) is 3. The Morgan fingerprint density at radius 3 is 2.47 bits per heavy atom. The number of H-pyrrole nitrogens is 2. The molecule has 0 saturated carbocycles. The second-order valence-electron chi connectivity index (χ2n) is 3.34. The molecule has 6 nitrogen and oxygen atoms in total. The Balaban J connectivity index is 2.25. The molecule has 0 aliphatic heterocycles. The molecule has 1 aromatic carbocycles. The van der Waals surface area contributed by atoms with Crippen LogP contribution in [0.1, 0.15) is 0 Å². The van der Waals surface area contributed by atoms with E-state index in [1.807, 2.05) is 0 Å². The van der Waals surface area contributed by atoms with E-state index in [0.29, 0.717) is 0 Å². The lowest BCUT2D eigenvalue weighted by molar-refractivity contribution is 0.415. The van der Waals surface area contributed by atoms with Gasteiger partial charge in [-0.15, -0.1) is 0 Å². The van der Waals surface area contributed by atoms with Crippen molar-refractivity contribution < 1.29 is 4.74 Å². The Hall–Kier alpha value is -2.50. The molecule has 0 amide bonds. The van der Waals surface area contributed by atoms with Crippen LogP contribution in [0.5, 0.6) is 5.75 Å². The van der Waals surface area contributed by atoms with Crippen molar-refractivity contribution in [1.29, 1.82) is 0 Å². The molecule has 2 rings (SSSR count). The van der Waals surface area contributed by atoms with Gasteiger partial charge in [0.1, 0.15) is 11.4 Å². The summed E-state index contributed by atoms with van der Waals surface area (Å²) in [5, 5.41) is 2.88. The lowest BCUT2D eigenvalue weighted by atomic mass is 10.3. The monoisotopic (exact) mass is 233 g/mol. The van der Waals surface area contributed by atoms with E-state index in [2.05, 4.69) is 15.3 Å². The number of anilines is 2. The quantitative estimate of drug-likeness (QED) is 0.732. The van der Waals surface area contributed by atoms with Crippen LogP contribution in [0.4, 0.5) is 11.4 Å². The van der Waals surface area contributed by atoms with E-state index < -0.39 is 11.2 Å². The Morgan fingerprint density at radius 1 is 1.18 bits per heavy atom. The molecule has 6 heteroatoms. The van der Waals surface area contributed by atoms with Crippen LogP contribution in [0, 0.1) is 0 Å². The van der Waals surface area contributed by atoms with Gasteiger partial charge in [0.15, 0.2) is 0 Å². The third-order valence-corrected chi connectivity index (χ3v) is 2.19. The number of benzene rings is 1. The first-order valence-electron chi connectivity index (χ1n) is 4.92. The lowest BCUT2D eigenvalue weighted by Crippen LogP contribution is -2.23. The minimum atomic E-state index is -0.532. The normalized spacial score (nSPS) is 9.94. The van der Waals surface area contributed by atoms with Crippen molar-refractivity contribution >= 4 is 11.4 Å². The third-order valence-electron chi connectivity index (χ3n) is 2.19. The number of methoxy groups -OCH3 is 1. The highest BCUT2D eigenvalue weighted by molar-refractivity contribution is 5.58. The zero-order valence-electron chi connectivity index (χ0n) is 9.11. The highest BCUT2D eigenvalue weighted by Gasteiger charge is 2.00. The molecule has 0 aliphatic rings. The van der Waals surface area contributed by atoms with Gasteiger partial charge in [0.25, 0.3) is 5.56 Å². The molecule has 2 aromatic rings. The number of rotatable bonds is 3. The highest BCUT2D eigenvalue weighted by Crippen LogP contribution is 2.17. The summed E-state index contributed by atoms with van der Waals surface area (Å²) < 4.78 is 5.02. The first-order chi connectivity index (χ1) is 8.19. The van der Waals surface area contributed by atoms with Crippen molar-refractivity contribution in [3.8, 4) is 5.75 Å². The third kappa shape index (κ3) is 2.54. The SMILES string of the molecule is COc1ccc(Nc2c[nH]c(=O)[nH]c2=O)cc1. The van der Waals surface area contributed by atoms with E-state index >= 15 is 0 Å². The van der Waals surface area contributed by atoms with E-state index in [9.17, 15) is 9.59 Å². The van der Waals surface area contributed by atoms with Crippen molar-refractivity contribution in [3.05, 3.63) is 51.3 Å². The van der Waals surface area contributed by atoms with Crippen LogP contribution in [-0.2, 0) is 0 Å². The van der Waals surface area contributed by atoms with Gasteiger partial charge in [-0.05, 0) is 24.3 Å². The first-order valence-corrected chi connectivity index (χ1v) is 4.92. The average Bonchev–Trinajstić information content (AvgIpc) is 2.34. The van der Waals surface area contributed by atoms with Crippen LogP contribution in [0.25, 0.3) is 0 Å². The second kappa shape index (κ2) is 4.56. The smallest absolute Gasteiger partial charge is 0.325 e. The van der Waals surface area contributed by atoms with E-state index in [4.69, 9.17) is 4.74 Å². The summed E-state index contributed by atoms with van der Waals surface area (Å²) in [4.78, 5) is 26.7. The second-order valence-corrected chi connectivity index (χ2v) is 3.34. The van der Waals surface area contributed by atoms with Crippen LogP contribution >= 0.6 is 0 Å². The number of ether oxygens (including phenoxy) is 1. The van der Waals surface area contributed by atoms with Gasteiger partial charge >= 0.3 is 5.69 Å². The summed E-state index contributed by atoms with van der Waals surface area (Å²) >= 11 is 0. The fourth-order valence-corrected chi connectivity index (χ4v) is 1.33. The summed E-state index contributed by atoms with van der Waals surface area (Å²) in [7, 11) is 1.58. The van der Waals surface area contributed by atoms with Gasteiger partial charge in [0.2, 0.25) is 0 Å². The van der Waals surface area contributed by atoms with E-state index in [1.165, 1.54) is 6.20 Å². The van der Waals surface area contributed by atoms with Gasteiger partial charge in [-0.2, -0.15) is 0 Å². The summed E-state index contributed by atoms with van der Waals surface area (Å²) in [5.74, 6) is 0.728. The minimum Gasteiger partial charge on any atom is -0.497 e. The largest absolute Gasteiger partial charge is 0.497 e. The van der Waals surface area contributed by atoms with Crippen LogP contribution < -0.4 is 21.3 Å². The van der Waals surface area contributed by atoms with Crippen molar-refractivity contribution in [2.45, 2.75) is 0 Å². The van der Waals surface area contributed by atoms with Gasteiger partial charge in [-0.1, -0.05) is 0 Å². The van der Waals surface area contributed by atoms with Gasteiger partial charge in [0, 0.05) is 11.9 Å². The van der Waals surface area contributed by atoms with Gasteiger partial charge < -0.3 is 15.0 Å². The molecule has 1 aromatic heterocycles. The van der Waals surface area contributed by atoms with Crippen molar-refractivity contribution in [3.63, 3.8) is 0 Å². The Kier molecular flexibility index (Phi) is 2.95. The molecule has 0 unspecified atom stereocenters. The minimum absolute atomic E-state index is 0.273. The molecular formula is C11H11N3O3. The maximum absolute atomic E-state index is 11.4. The van der Waals surface area contributed by atoms with Crippen molar-refractivity contribution in [2.75, 3.05) is 12.4 Å². The van der Waals surface area contributed by atoms with E-state index in [-0.39, 0.29) is 5.69 Å². The Bertz CT molecular complexity index is 613. The fourth-order valence-electron chi connectivity index (χ4n) is 1.33. The molecule has 0 fully saturated rings. The zero-order chi connectivity index (χ0) is 12.3. The highest BCUT2D eigenvalue weighted by atomic mass is 16.5. The molecule has 1 heterocycles.